The van der Waals surface area contributed by atoms with Gasteiger partial charge in [0.1, 0.15) is 0 Å². The van der Waals surface area contributed by atoms with Gasteiger partial charge in [-0.05, 0) is 5.56 Å². The van der Waals surface area contributed by atoms with Crippen molar-refractivity contribution in [1.29, 1.82) is 0 Å². The molecule has 0 saturated carbocycles. The summed E-state index contributed by atoms with van der Waals surface area (Å²) in [5, 5.41) is 0. The maximum Gasteiger partial charge on any atom is 0.350 e. The van der Waals surface area contributed by atoms with Crippen molar-refractivity contribution in [2.24, 2.45) is 0 Å². The Morgan fingerprint density at radius 3 is 2.47 bits per heavy atom. The zero-order valence-corrected chi connectivity index (χ0v) is 11.1. The van der Waals surface area contributed by atoms with Gasteiger partial charge in [0.2, 0.25) is 0 Å². The Balaban J connectivity index is 2.16. The van der Waals surface area contributed by atoms with Crippen LogP contribution in [0.15, 0.2) is 30.3 Å². The van der Waals surface area contributed by atoms with Gasteiger partial charge in [0.05, 0.1) is 40.8 Å². The molecule has 92 valence electrons. The van der Waals surface area contributed by atoms with Crippen LogP contribution in [-0.2, 0) is 6.54 Å². The van der Waals surface area contributed by atoms with Crippen LogP contribution in [0.2, 0.25) is 0 Å². The number of benzene rings is 1. The summed E-state index contributed by atoms with van der Waals surface area (Å²) in [7, 11) is 6.41. The first-order chi connectivity index (χ1) is 8.18. The summed E-state index contributed by atoms with van der Waals surface area (Å²) in [6.45, 7) is 3.30. The van der Waals surface area contributed by atoms with Gasteiger partial charge in [-0.3, -0.25) is 14.4 Å². The van der Waals surface area contributed by atoms with Gasteiger partial charge in [-0.2, -0.15) is 0 Å². The first-order valence-electron chi connectivity index (χ1n) is 6.23. The molecule has 1 aromatic rings. The van der Waals surface area contributed by atoms with Crippen molar-refractivity contribution >= 4 is 5.96 Å². The molecule has 1 fully saturated rings. The van der Waals surface area contributed by atoms with E-state index in [1.807, 2.05) is 0 Å². The van der Waals surface area contributed by atoms with Crippen LogP contribution in [0.3, 0.4) is 0 Å². The average Bonchev–Trinajstić information content (AvgIpc) is 2.30. The second-order valence-corrected chi connectivity index (χ2v) is 4.88. The quantitative estimate of drug-likeness (QED) is 0.714. The monoisotopic (exact) mass is 232 g/mol. The number of hydrogen-bond donors (Lipinski definition) is 0. The molecule has 1 aromatic carbocycles. The third kappa shape index (κ3) is 2.78. The maximum atomic E-state index is 2.46. The molecule has 1 aliphatic heterocycles. The smallest absolute Gasteiger partial charge is 0.270 e. The molecule has 1 heterocycles. The highest BCUT2D eigenvalue weighted by atomic mass is 15.4. The van der Waals surface area contributed by atoms with Crippen LogP contribution in [-0.4, -0.2) is 54.6 Å². The average molecular weight is 232 g/mol. The molecule has 3 nitrogen and oxygen atoms in total. The second-order valence-electron chi connectivity index (χ2n) is 4.88. The van der Waals surface area contributed by atoms with Gasteiger partial charge in [0.15, 0.2) is 0 Å². The van der Waals surface area contributed by atoms with Crippen molar-refractivity contribution in [3.63, 3.8) is 0 Å². The standard InChI is InChI=1S/C14H22N3/c1-15(2)14-16(3)10-7-11-17(14)12-13-8-5-4-6-9-13/h4-6,8-9H,7,10-12H2,1-3H3/q+1. The third-order valence-corrected chi connectivity index (χ3v) is 3.16. The Hall–Kier alpha value is -1.51. The summed E-state index contributed by atoms with van der Waals surface area (Å²) in [6, 6.07) is 10.7. The minimum absolute atomic E-state index is 0.999. The number of guanidine groups is 1. The summed E-state index contributed by atoms with van der Waals surface area (Å²) >= 11 is 0. The van der Waals surface area contributed by atoms with Crippen molar-refractivity contribution in [1.82, 2.24) is 9.80 Å². The van der Waals surface area contributed by atoms with E-state index >= 15 is 0 Å². The largest absolute Gasteiger partial charge is 0.350 e. The van der Waals surface area contributed by atoms with Gasteiger partial charge in [-0.15, -0.1) is 0 Å². The first-order valence-corrected chi connectivity index (χ1v) is 6.23. The molecule has 0 N–H and O–H groups in total. The number of nitrogens with zero attached hydrogens (tertiary/aromatic N) is 3. The van der Waals surface area contributed by atoms with Crippen molar-refractivity contribution in [3.8, 4) is 0 Å². The van der Waals surface area contributed by atoms with Gasteiger partial charge in [0, 0.05) is 6.42 Å². The van der Waals surface area contributed by atoms with E-state index in [9.17, 15) is 0 Å². The van der Waals surface area contributed by atoms with E-state index in [-0.39, 0.29) is 0 Å². The fourth-order valence-corrected chi connectivity index (χ4v) is 2.52. The van der Waals surface area contributed by atoms with Gasteiger partial charge in [-0.1, -0.05) is 30.3 Å². The highest BCUT2D eigenvalue weighted by molar-refractivity contribution is 5.75. The van der Waals surface area contributed by atoms with E-state index in [0.717, 1.165) is 19.6 Å². The summed E-state index contributed by atoms with van der Waals surface area (Å²) in [5.41, 5.74) is 1.38. The number of rotatable bonds is 2. The van der Waals surface area contributed by atoms with Crippen LogP contribution in [0.25, 0.3) is 0 Å². The molecule has 0 amide bonds. The molecule has 0 bridgehead atoms. The zero-order valence-electron chi connectivity index (χ0n) is 11.1. The fraction of sp³-hybridized carbons (Fsp3) is 0.500. The highest BCUT2D eigenvalue weighted by Gasteiger charge is 2.28. The Morgan fingerprint density at radius 1 is 1.12 bits per heavy atom. The lowest BCUT2D eigenvalue weighted by atomic mass is 10.2. The molecule has 1 saturated heterocycles. The molecule has 0 aliphatic carbocycles. The van der Waals surface area contributed by atoms with Crippen LogP contribution in [0.4, 0.5) is 0 Å². The molecule has 3 heteroatoms. The first kappa shape index (κ1) is 12.0. The van der Waals surface area contributed by atoms with Crippen LogP contribution < -0.4 is 0 Å². The molecule has 0 radical (unpaired) electrons. The highest BCUT2D eigenvalue weighted by Crippen LogP contribution is 2.11. The third-order valence-electron chi connectivity index (χ3n) is 3.16. The normalized spacial score (nSPS) is 16.3. The van der Waals surface area contributed by atoms with E-state index in [0.29, 0.717) is 0 Å². The molecule has 0 unspecified atom stereocenters. The minimum Gasteiger partial charge on any atom is -0.270 e. The SMILES string of the molecule is CN1CCCN(Cc2ccccc2)C1=[N+](C)C. The lowest BCUT2D eigenvalue weighted by Crippen LogP contribution is -2.51. The topological polar surface area (TPSA) is 9.49 Å². The Morgan fingerprint density at radius 2 is 1.82 bits per heavy atom. The predicted octanol–water partition coefficient (Wildman–Crippen LogP) is 1.45. The van der Waals surface area contributed by atoms with Crippen LogP contribution in [0.1, 0.15) is 12.0 Å². The van der Waals surface area contributed by atoms with Gasteiger partial charge >= 0.3 is 5.96 Å². The second kappa shape index (κ2) is 5.21. The summed E-state index contributed by atoms with van der Waals surface area (Å²) in [5.74, 6) is 1.32. The molecule has 17 heavy (non-hydrogen) atoms. The van der Waals surface area contributed by atoms with E-state index in [2.05, 4.69) is 65.9 Å². The van der Waals surface area contributed by atoms with Gasteiger partial charge in [-0.25, -0.2) is 0 Å². The molecule has 2 rings (SSSR count). The van der Waals surface area contributed by atoms with E-state index in [1.165, 1.54) is 17.9 Å². The Labute approximate surface area is 104 Å². The van der Waals surface area contributed by atoms with E-state index in [4.69, 9.17) is 0 Å². The lowest BCUT2D eigenvalue weighted by Gasteiger charge is -2.31. The molecule has 0 aromatic heterocycles. The van der Waals surface area contributed by atoms with E-state index < -0.39 is 0 Å². The zero-order chi connectivity index (χ0) is 12.3. The van der Waals surface area contributed by atoms with Crippen LogP contribution in [0.5, 0.6) is 0 Å². The molecular formula is C14H22N3+. The molecular weight excluding hydrogens is 210 g/mol. The molecule has 1 aliphatic rings. The van der Waals surface area contributed by atoms with Gasteiger partial charge in [0.25, 0.3) is 0 Å². The van der Waals surface area contributed by atoms with Crippen molar-refractivity contribution in [2.45, 2.75) is 13.0 Å². The van der Waals surface area contributed by atoms with Crippen molar-refractivity contribution in [2.75, 3.05) is 34.2 Å². The Kier molecular flexibility index (Phi) is 3.67. The predicted molar refractivity (Wildman–Crippen MR) is 71.2 cm³/mol. The Bertz CT molecular complexity index is 393. The van der Waals surface area contributed by atoms with E-state index in [1.54, 1.807) is 0 Å². The van der Waals surface area contributed by atoms with Crippen molar-refractivity contribution < 1.29 is 4.58 Å². The fourth-order valence-electron chi connectivity index (χ4n) is 2.52. The number of hydrogen-bond acceptors (Lipinski definition) is 0. The molecule has 0 spiro atoms. The minimum atomic E-state index is 0.999. The molecule has 0 atom stereocenters. The lowest BCUT2D eigenvalue weighted by molar-refractivity contribution is -0.477. The summed E-state index contributed by atoms with van der Waals surface area (Å²) < 4.78 is 2.21. The van der Waals surface area contributed by atoms with Gasteiger partial charge < -0.3 is 0 Å². The van der Waals surface area contributed by atoms with Crippen molar-refractivity contribution in [3.05, 3.63) is 35.9 Å². The van der Waals surface area contributed by atoms with Crippen LogP contribution >= 0.6 is 0 Å². The maximum absolute atomic E-state index is 2.46. The van der Waals surface area contributed by atoms with Crippen LogP contribution in [0, 0.1) is 0 Å². The summed E-state index contributed by atoms with van der Waals surface area (Å²) in [4.78, 5) is 4.80. The summed E-state index contributed by atoms with van der Waals surface area (Å²) in [6.07, 6.45) is 1.24.